The Morgan fingerprint density at radius 3 is 2.36 bits per heavy atom. The van der Waals surface area contributed by atoms with Gasteiger partial charge in [-0.2, -0.15) is 0 Å². The summed E-state index contributed by atoms with van der Waals surface area (Å²) in [6, 6.07) is 22.9. The maximum Gasteiger partial charge on any atom is 0.343 e. The number of aromatic hydroxyl groups is 1. The number of fused-ring (bicyclic) bond motifs is 6. The van der Waals surface area contributed by atoms with Crippen molar-refractivity contribution in [3.63, 3.8) is 0 Å². The average molecular weight is 724 g/mol. The van der Waals surface area contributed by atoms with E-state index in [0.29, 0.717) is 23.7 Å². The molecule has 7 N–H and O–H groups in total. The van der Waals surface area contributed by atoms with Crippen LogP contribution in [0.4, 0.5) is 0 Å². The van der Waals surface area contributed by atoms with Gasteiger partial charge in [-0.3, -0.25) is 0 Å². The number of aromatic nitrogens is 1. The third-order valence-electron chi connectivity index (χ3n) is 13.0. The number of carbonyl (C=O) groups excluding carboxylic acids is 1. The van der Waals surface area contributed by atoms with E-state index in [1.165, 1.54) is 0 Å². The van der Waals surface area contributed by atoms with Crippen LogP contribution in [0.25, 0.3) is 32.4 Å². The molecule has 0 unspecified atom stereocenters. The lowest BCUT2D eigenvalue weighted by Gasteiger charge is -2.57. The zero-order valence-corrected chi connectivity index (χ0v) is 29.3. The number of ether oxygens (including phenoxy) is 3. The molecule has 53 heavy (non-hydrogen) atoms. The third-order valence-corrected chi connectivity index (χ3v) is 13.0. The van der Waals surface area contributed by atoms with E-state index >= 15 is 0 Å². The number of phenolic OH excluding ortho intramolecular Hbond substituents is 1. The second-order valence-corrected chi connectivity index (χ2v) is 15.7. The highest BCUT2D eigenvalue weighted by molar-refractivity contribution is 6.14. The normalized spacial score (nSPS) is 32.5. The molecule has 0 spiro atoms. The predicted molar refractivity (Wildman–Crippen MR) is 195 cm³/mol. The van der Waals surface area contributed by atoms with Crippen LogP contribution in [0.2, 0.25) is 0 Å². The molecular formula is C42H45NO10. The van der Waals surface area contributed by atoms with Crippen molar-refractivity contribution in [2.75, 3.05) is 6.61 Å². The first kappa shape index (κ1) is 34.7. The van der Waals surface area contributed by atoms with E-state index in [1.54, 1.807) is 12.1 Å². The van der Waals surface area contributed by atoms with Crippen LogP contribution in [-0.4, -0.2) is 84.0 Å². The lowest BCUT2D eigenvalue weighted by atomic mass is 9.54. The number of aliphatic hydroxyl groups excluding tert-OH is 3. The first-order chi connectivity index (χ1) is 25.6. The number of nitrogens with one attached hydrogen (secondary N) is 1. The minimum Gasteiger partial charge on any atom is -0.508 e. The summed E-state index contributed by atoms with van der Waals surface area (Å²) in [4.78, 5) is 17.6. The van der Waals surface area contributed by atoms with Crippen molar-refractivity contribution in [2.45, 2.75) is 99.2 Å². The second kappa shape index (κ2) is 12.8. The number of carbonyl (C=O) groups is 1. The summed E-state index contributed by atoms with van der Waals surface area (Å²) < 4.78 is 18.9. The number of hydrogen-bond acceptors (Lipinski definition) is 10. The highest BCUT2D eigenvalue weighted by Crippen LogP contribution is 2.58. The van der Waals surface area contributed by atoms with Gasteiger partial charge in [-0.25, -0.2) is 4.79 Å². The molecule has 5 aromatic rings. The molecule has 4 aromatic carbocycles. The van der Waals surface area contributed by atoms with Crippen molar-refractivity contribution in [3.8, 4) is 11.5 Å². The molecule has 2 saturated heterocycles. The zero-order chi connectivity index (χ0) is 36.7. The minimum absolute atomic E-state index is 0.0370. The van der Waals surface area contributed by atoms with Gasteiger partial charge in [-0.1, -0.05) is 61.7 Å². The molecule has 11 nitrogen and oxygen atoms in total. The van der Waals surface area contributed by atoms with E-state index in [9.17, 15) is 35.4 Å². The summed E-state index contributed by atoms with van der Waals surface area (Å²) in [6.07, 6.45) is 0.935. The Hall–Kier alpha value is -4.07. The van der Waals surface area contributed by atoms with Crippen LogP contribution in [0.5, 0.6) is 11.5 Å². The van der Waals surface area contributed by atoms with Crippen LogP contribution in [-0.2, 0) is 26.3 Å². The van der Waals surface area contributed by atoms with Gasteiger partial charge in [-0.05, 0) is 95.5 Å². The number of phenols is 1. The second-order valence-electron chi connectivity index (χ2n) is 15.7. The summed E-state index contributed by atoms with van der Waals surface area (Å²) >= 11 is 0. The monoisotopic (exact) mass is 723 g/mol. The van der Waals surface area contributed by atoms with Crippen LogP contribution in [0.15, 0.2) is 72.8 Å². The van der Waals surface area contributed by atoms with E-state index < -0.39 is 66.3 Å². The molecule has 1 aromatic heterocycles. The van der Waals surface area contributed by atoms with Gasteiger partial charge < -0.3 is 49.8 Å². The van der Waals surface area contributed by atoms with Crippen molar-refractivity contribution in [1.29, 1.82) is 0 Å². The molecule has 2 aliphatic heterocycles. The standard InChI is InChI=1S/C42H45NO10/c44-21-31-36(33-29-19-24-7-3-2-6-23(24)18-25(29)8-14-30(33)43-31)52-39(48)37-38-41(49,42(50,22-45)53-37)20-26-9-15-32(47)34(35(26)51-38)40(16-4-1-5-17-40)27-10-12-28(46)13-11-27/h2-3,6-8,10-14,18-19,26,32,34-35,37-38,43-47,49-50H,1,4-5,9,15-17,20-22H2/t26-,32+,34+,35+,37+,38-,41+,42-/m0/s1. The Morgan fingerprint density at radius 2 is 1.64 bits per heavy atom. The van der Waals surface area contributed by atoms with E-state index in [0.717, 1.165) is 59.2 Å². The number of hydrogen-bond donors (Lipinski definition) is 7. The number of rotatable bonds is 6. The first-order valence-corrected chi connectivity index (χ1v) is 18.7. The van der Waals surface area contributed by atoms with Gasteiger partial charge in [0.1, 0.15) is 18.5 Å². The van der Waals surface area contributed by atoms with E-state index in [4.69, 9.17) is 14.2 Å². The molecule has 3 heterocycles. The van der Waals surface area contributed by atoms with Gasteiger partial charge in [0.25, 0.3) is 0 Å². The van der Waals surface area contributed by atoms with Crippen molar-refractivity contribution in [1.82, 2.24) is 4.98 Å². The Labute approximate surface area is 305 Å². The smallest absolute Gasteiger partial charge is 0.343 e. The lowest BCUT2D eigenvalue weighted by Crippen LogP contribution is -2.68. The maximum absolute atomic E-state index is 14.4. The SMILES string of the molecule is O=C(Oc1c(CO)[nH]c2ccc3cc4ccccc4cc3c12)[C@@H]1O[C@@](O)(CO)[C@@]2(O)C[C@@H]3CC[C@@H](O)[C@@H](C4(c5ccc(O)cc5)CCCCC4)[C@@H]3O[C@@H]12. The lowest BCUT2D eigenvalue weighted by molar-refractivity contribution is -0.309. The molecular weight excluding hydrogens is 678 g/mol. The summed E-state index contributed by atoms with van der Waals surface area (Å²) in [5.41, 5.74) is -0.793. The van der Waals surface area contributed by atoms with E-state index in [-0.39, 0.29) is 29.5 Å². The van der Waals surface area contributed by atoms with Gasteiger partial charge in [0.15, 0.2) is 17.5 Å². The fourth-order valence-electron chi connectivity index (χ4n) is 10.5. The van der Waals surface area contributed by atoms with Gasteiger partial charge >= 0.3 is 5.97 Å². The Kier molecular flexibility index (Phi) is 8.35. The quantitative estimate of drug-likeness (QED) is 0.0947. The number of H-pyrrole nitrogens is 1. The van der Waals surface area contributed by atoms with Gasteiger partial charge in [0, 0.05) is 11.3 Å². The van der Waals surface area contributed by atoms with Crippen LogP contribution in [0.3, 0.4) is 0 Å². The largest absolute Gasteiger partial charge is 0.508 e. The minimum atomic E-state index is -2.54. The van der Waals surface area contributed by atoms with E-state index in [2.05, 4.69) is 4.98 Å². The molecule has 9 rings (SSSR count). The van der Waals surface area contributed by atoms with Gasteiger partial charge in [0.2, 0.25) is 5.79 Å². The van der Waals surface area contributed by atoms with Crippen LogP contribution < -0.4 is 4.74 Å². The summed E-state index contributed by atoms with van der Waals surface area (Å²) in [6.45, 7) is -1.47. The Morgan fingerprint density at radius 1 is 0.906 bits per heavy atom. The molecule has 278 valence electrons. The average Bonchev–Trinajstić information content (AvgIpc) is 3.64. The highest BCUT2D eigenvalue weighted by Gasteiger charge is 2.72. The highest BCUT2D eigenvalue weighted by atomic mass is 16.7. The number of esters is 1. The topological polar surface area (TPSA) is 182 Å². The molecule has 4 fully saturated rings. The van der Waals surface area contributed by atoms with Crippen LogP contribution in [0.1, 0.15) is 62.6 Å². The molecule has 2 saturated carbocycles. The van der Waals surface area contributed by atoms with Crippen LogP contribution in [0, 0.1) is 11.8 Å². The fourth-order valence-corrected chi connectivity index (χ4v) is 10.5. The Balaban J connectivity index is 1.11. The zero-order valence-electron chi connectivity index (χ0n) is 29.3. The molecule has 0 bridgehead atoms. The van der Waals surface area contributed by atoms with Crippen molar-refractivity contribution >= 4 is 38.4 Å². The third kappa shape index (κ3) is 5.24. The van der Waals surface area contributed by atoms with Crippen molar-refractivity contribution in [2.24, 2.45) is 11.8 Å². The molecule has 2 aliphatic carbocycles. The number of aliphatic hydroxyl groups is 5. The van der Waals surface area contributed by atoms with Crippen LogP contribution >= 0.6 is 0 Å². The first-order valence-electron chi connectivity index (χ1n) is 18.7. The molecule has 0 amide bonds. The number of benzene rings is 4. The summed E-state index contributed by atoms with van der Waals surface area (Å²) in [5, 5.41) is 71.1. The molecule has 0 radical (unpaired) electrons. The summed E-state index contributed by atoms with van der Waals surface area (Å²) in [7, 11) is 0. The molecule has 4 aliphatic rings. The Bertz CT molecular complexity index is 2190. The predicted octanol–water partition coefficient (Wildman–Crippen LogP) is 4.84. The number of aromatic amines is 1. The maximum atomic E-state index is 14.4. The van der Waals surface area contributed by atoms with E-state index in [1.807, 2.05) is 60.7 Å². The van der Waals surface area contributed by atoms with Gasteiger partial charge in [-0.15, -0.1) is 0 Å². The molecule has 11 heteroatoms. The van der Waals surface area contributed by atoms with Crippen molar-refractivity contribution in [3.05, 3.63) is 84.1 Å². The summed E-state index contributed by atoms with van der Waals surface area (Å²) in [5.74, 6) is -4.02. The van der Waals surface area contributed by atoms with Crippen molar-refractivity contribution < 1.29 is 49.6 Å². The van der Waals surface area contributed by atoms with Gasteiger partial charge in [0.05, 0.1) is 35.4 Å². The molecule has 8 atom stereocenters. The fraction of sp³-hybridized carbons (Fsp3) is 0.452.